The van der Waals surface area contributed by atoms with E-state index in [1.807, 2.05) is 6.92 Å². The van der Waals surface area contributed by atoms with Crippen molar-refractivity contribution in [3.8, 4) is 0 Å². The zero-order chi connectivity index (χ0) is 15.4. The average molecular weight is 297 g/mol. The first-order valence-corrected chi connectivity index (χ1v) is 7.03. The van der Waals surface area contributed by atoms with Crippen molar-refractivity contribution in [2.75, 3.05) is 6.54 Å². The van der Waals surface area contributed by atoms with Crippen LogP contribution < -0.4 is 0 Å². The van der Waals surface area contributed by atoms with Crippen molar-refractivity contribution in [2.24, 2.45) is 0 Å². The van der Waals surface area contributed by atoms with Gasteiger partial charge in [0, 0.05) is 32.2 Å². The van der Waals surface area contributed by atoms with Gasteiger partial charge in [0.15, 0.2) is 5.82 Å². The maximum atomic E-state index is 12.1. The fourth-order valence-corrected chi connectivity index (χ4v) is 2.40. The van der Waals surface area contributed by atoms with Crippen LogP contribution in [0.5, 0.6) is 0 Å². The molecule has 21 heavy (non-hydrogen) atoms. The van der Waals surface area contributed by atoms with E-state index in [4.69, 9.17) is 9.63 Å². The van der Waals surface area contributed by atoms with Crippen molar-refractivity contribution in [3.05, 3.63) is 11.7 Å². The molecule has 8 heteroatoms. The molecular weight excluding hydrogens is 278 g/mol. The summed E-state index contributed by atoms with van der Waals surface area (Å²) in [4.78, 5) is 28.5. The number of hydrogen-bond donors (Lipinski definition) is 2. The number of rotatable bonds is 6. The highest BCUT2D eigenvalue weighted by Crippen LogP contribution is 2.19. The monoisotopic (exact) mass is 297 g/mol. The molecule has 1 saturated heterocycles. The molecule has 0 saturated carbocycles. The van der Waals surface area contributed by atoms with Crippen LogP contribution in [0.2, 0.25) is 0 Å². The molecular formula is C13H19N3O5. The fraction of sp³-hybridized carbons (Fsp3) is 0.692. The molecule has 1 amide bonds. The number of hydrogen-bond acceptors (Lipinski definition) is 6. The molecule has 0 aromatic carbocycles. The third-order valence-electron chi connectivity index (χ3n) is 3.42. The van der Waals surface area contributed by atoms with Crippen LogP contribution in [0.3, 0.4) is 0 Å². The number of amides is 1. The van der Waals surface area contributed by atoms with Gasteiger partial charge in [-0.15, -0.1) is 0 Å². The summed E-state index contributed by atoms with van der Waals surface area (Å²) in [6.45, 7) is 2.06. The van der Waals surface area contributed by atoms with E-state index in [0.717, 1.165) is 12.8 Å². The van der Waals surface area contributed by atoms with E-state index in [1.165, 1.54) is 4.90 Å². The van der Waals surface area contributed by atoms with Gasteiger partial charge >= 0.3 is 5.97 Å². The van der Waals surface area contributed by atoms with Crippen molar-refractivity contribution >= 4 is 11.9 Å². The summed E-state index contributed by atoms with van der Waals surface area (Å²) >= 11 is 0. The predicted octanol–water partition coefficient (Wildman–Crippen LogP) is 0.00110. The minimum Gasteiger partial charge on any atom is -0.480 e. The lowest BCUT2D eigenvalue weighted by atomic mass is 10.2. The number of aromatic nitrogens is 2. The quantitative estimate of drug-likeness (QED) is 0.759. The van der Waals surface area contributed by atoms with E-state index >= 15 is 0 Å². The largest absolute Gasteiger partial charge is 0.480 e. The summed E-state index contributed by atoms with van der Waals surface area (Å²) in [6.07, 6.45) is 1.27. The SMILES string of the molecule is CCCc1noc(CCC(=O)N2C[C@H](O)C[C@@H]2C(=O)O)n1. The molecule has 1 aromatic rings. The number of carbonyl (C=O) groups excluding carboxylic acids is 1. The third-order valence-corrected chi connectivity index (χ3v) is 3.42. The average Bonchev–Trinajstić information content (AvgIpc) is 3.03. The Morgan fingerprint density at radius 2 is 2.19 bits per heavy atom. The van der Waals surface area contributed by atoms with Crippen LogP contribution in [-0.2, 0) is 22.4 Å². The Bertz CT molecular complexity index is 516. The second-order valence-corrected chi connectivity index (χ2v) is 5.14. The third kappa shape index (κ3) is 3.78. The number of aliphatic hydroxyl groups is 1. The van der Waals surface area contributed by atoms with Gasteiger partial charge in [-0.25, -0.2) is 4.79 Å². The van der Waals surface area contributed by atoms with Gasteiger partial charge in [-0.05, 0) is 6.42 Å². The normalized spacial score (nSPS) is 21.7. The number of carboxylic acid groups (broad SMARTS) is 1. The molecule has 0 radical (unpaired) electrons. The van der Waals surface area contributed by atoms with Crippen LogP contribution in [0, 0.1) is 0 Å². The molecule has 8 nitrogen and oxygen atoms in total. The van der Waals surface area contributed by atoms with Crippen molar-refractivity contribution < 1.29 is 24.3 Å². The lowest BCUT2D eigenvalue weighted by molar-refractivity contribution is -0.148. The molecule has 1 aliphatic rings. The minimum atomic E-state index is -1.09. The molecule has 1 aliphatic heterocycles. The Morgan fingerprint density at radius 1 is 1.43 bits per heavy atom. The van der Waals surface area contributed by atoms with Crippen LogP contribution in [0.25, 0.3) is 0 Å². The van der Waals surface area contributed by atoms with E-state index in [0.29, 0.717) is 11.7 Å². The summed E-state index contributed by atoms with van der Waals surface area (Å²) in [5.74, 6) is -0.435. The van der Waals surface area contributed by atoms with E-state index < -0.39 is 18.1 Å². The van der Waals surface area contributed by atoms with Gasteiger partial charge < -0.3 is 19.6 Å². The summed E-state index contributed by atoms with van der Waals surface area (Å²) < 4.78 is 5.03. The molecule has 1 fully saturated rings. The van der Waals surface area contributed by atoms with E-state index in [9.17, 15) is 14.7 Å². The lowest BCUT2D eigenvalue weighted by Crippen LogP contribution is -2.40. The minimum absolute atomic E-state index is 0.0563. The number of carbonyl (C=O) groups is 2. The van der Waals surface area contributed by atoms with Crippen LogP contribution in [-0.4, -0.2) is 55.8 Å². The molecule has 116 valence electrons. The van der Waals surface area contributed by atoms with Gasteiger partial charge in [0.1, 0.15) is 6.04 Å². The summed E-state index contributed by atoms with van der Waals surface area (Å²) in [7, 11) is 0. The molecule has 0 unspecified atom stereocenters. The number of aliphatic hydroxyl groups excluding tert-OH is 1. The Labute approximate surface area is 121 Å². The first kappa shape index (κ1) is 15.4. The zero-order valence-electron chi connectivity index (χ0n) is 11.9. The van der Waals surface area contributed by atoms with Crippen LogP contribution in [0.1, 0.15) is 37.9 Å². The van der Waals surface area contributed by atoms with Gasteiger partial charge in [0.2, 0.25) is 11.8 Å². The highest BCUT2D eigenvalue weighted by Gasteiger charge is 2.38. The second-order valence-electron chi connectivity index (χ2n) is 5.14. The molecule has 2 rings (SSSR count). The Morgan fingerprint density at radius 3 is 2.86 bits per heavy atom. The van der Waals surface area contributed by atoms with Crippen molar-refractivity contribution in [1.29, 1.82) is 0 Å². The Kier molecular flexibility index (Phi) is 4.89. The van der Waals surface area contributed by atoms with E-state index in [1.54, 1.807) is 0 Å². The maximum Gasteiger partial charge on any atom is 0.326 e. The number of aliphatic carboxylic acids is 1. The van der Waals surface area contributed by atoms with Gasteiger partial charge in [0.05, 0.1) is 6.10 Å². The molecule has 0 aliphatic carbocycles. The van der Waals surface area contributed by atoms with Gasteiger partial charge in [-0.2, -0.15) is 4.98 Å². The summed E-state index contributed by atoms with van der Waals surface area (Å²) in [5, 5.41) is 22.4. The van der Waals surface area contributed by atoms with Gasteiger partial charge in [-0.3, -0.25) is 4.79 Å². The maximum absolute atomic E-state index is 12.1. The highest BCUT2D eigenvalue weighted by molar-refractivity contribution is 5.84. The lowest BCUT2D eigenvalue weighted by Gasteiger charge is -2.20. The number of nitrogens with zero attached hydrogens (tertiary/aromatic N) is 3. The Hall–Kier alpha value is -1.96. The first-order valence-electron chi connectivity index (χ1n) is 7.03. The van der Waals surface area contributed by atoms with Crippen molar-refractivity contribution in [1.82, 2.24) is 15.0 Å². The smallest absolute Gasteiger partial charge is 0.326 e. The molecule has 1 aromatic heterocycles. The number of β-amino-alcohol motifs (C(OH)–C–C–N with tert-alkyl or cyclic N) is 1. The van der Waals surface area contributed by atoms with Gasteiger partial charge in [0.25, 0.3) is 0 Å². The summed E-state index contributed by atoms with van der Waals surface area (Å²) in [5.41, 5.74) is 0. The topological polar surface area (TPSA) is 117 Å². The molecule has 2 atom stereocenters. The standard InChI is InChI=1S/C13H19N3O5/c1-2-3-10-14-11(21-15-10)4-5-12(18)16-7-8(17)6-9(16)13(19)20/h8-9,17H,2-7H2,1H3,(H,19,20)/t8-,9-/m1/s1. The van der Waals surface area contributed by atoms with Crippen LogP contribution in [0.4, 0.5) is 0 Å². The van der Waals surface area contributed by atoms with Crippen molar-refractivity contribution in [3.63, 3.8) is 0 Å². The molecule has 0 bridgehead atoms. The Balaban J connectivity index is 1.90. The second kappa shape index (κ2) is 6.66. The number of carboxylic acids is 1. The highest BCUT2D eigenvalue weighted by atomic mass is 16.5. The number of likely N-dealkylation sites (tertiary alicyclic amines) is 1. The predicted molar refractivity (Wildman–Crippen MR) is 70.4 cm³/mol. The zero-order valence-corrected chi connectivity index (χ0v) is 11.9. The van der Waals surface area contributed by atoms with E-state index in [2.05, 4.69) is 10.1 Å². The molecule has 2 N–H and O–H groups in total. The molecule has 2 heterocycles. The summed E-state index contributed by atoms with van der Waals surface area (Å²) in [6, 6.07) is -0.953. The van der Waals surface area contributed by atoms with Gasteiger partial charge in [-0.1, -0.05) is 12.1 Å². The van der Waals surface area contributed by atoms with Crippen LogP contribution >= 0.6 is 0 Å². The first-order chi connectivity index (χ1) is 10.0. The number of aryl methyl sites for hydroxylation is 2. The van der Waals surface area contributed by atoms with E-state index in [-0.39, 0.29) is 31.7 Å². The van der Waals surface area contributed by atoms with Crippen LogP contribution in [0.15, 0.2) is 4.52 Å². The van der Waals surface area contributed by atoms with Crippen molar-refractivity contribution in [2.45, 2.75) is 51.2 Å². The fourth-order valence-electron chi connectivity index (χ4n) is 2.40. The molecule has 0 spiro atoms.